The highest BCUT2D eigenvalue weighted by molar-refractivity contribution is 5.78. The Morgan fingerprint density at radius 2 is 2.00 bits per heavy atom. The number of carbonyl (C=O) groups is 1. The topological polar surface area (TPSA) is 76.6 Å². The summed E-state index contributed by atoms with van der Waals surface area (Å²) >= 11 is 0. The van der Waals surface area contributed by atoms with Crippen molar-refractivity contribution in [2.75, 3.05) is 24.6 Å². The van der Waals surface area contributed by atoms with Crippen molar-refractivity contribution in [1.82, 2.24) is 15.3 Å². The highest BCUT2D eigenvalue weighted by Gasteiger charge is 2.35. The molecule has 1 fully saturated rings. The van der Waals surface area contributed by atoms with Crippen molar-refractivity contribution in [3.63, 3.8) is 0 Å². The third-order valence-corrected chi connectivity index (χ3v) is 5.90. The number of halogens is 1. The first-order valence-electron chi connectivity index (χ1n) is 11.1. The Morgan fingerprint density at radius 1 is 1.28 bits per heavy atom. The van der Waals surface area contributed by atoms with Gasteiger partial charge in [-0.3, -0.25) is 4.79 Å². The van der Waals surface area contributed by atoms with Gasteiger partial charge in [0.2, 0.25) is 5.95 Å². The smallest absolute Gasteiger partial charge is 0.258 e. The Bertz CT molecular complexity index is 973. The number of amides is 1. The SMILES string of the molecule is CC1CN(c2ncc3c(n2)CC(C)(C)CC3NC(=O)COc2ccccc2F)CC(C)O1. The Labute approximate surface area is 188 Å². The third-order valence-electron chi connectivity index (χ3n) is 5.90. The normalized spacial score (nSPS) is 24.5. The number of hydrogen-bond acceptors (Lipinski definition) is 6. The van der Waals surface area contributed by atoms with Crippen LogP contribution in [0.5, 0.6) is 5.75 Å². The summed E-state index contributed by atoms with van der Waals surface area (Å²) in [6.07, 6.45) is 3.65. The zero-order valence-corrected chi connectivity index (χ0v) is 19.1. The molecule has 3 unspecified atom stereocenters. The fourth-order valence-electron chi connectivity index (χ4n) is 4.60. The molecule has 2 aromatic rings. The lowest BCUT2D eigenvalue weighted by atomic mass is 9.74. The van der Waals surface area contributed by atoms with Gasteiger partial charge >= 0.3 is 0 Å². The van der Waals surface area contributed by atoms with E-state index in [4.69, 9.17) is 14.5 Å². The number of fused-ring (bicyclic) bond motifs is 1. The first kappa shape index (κ1) is 22.5. The summed E-state index contributed by atoms with van der Waals surface area (Å²) in [7, 11) is 0. The average Bonchev–Trinajstić information content (AvgIpc) is 2.71. The molecule has 1 aromatic carbocycles. The van der Waals surface area contributed by atoms with Crippen LogP contribution >= 0.6 is 0 Å². The highest BCUT2D eigenvalue weighted by atomic mass is 19.1. The second-order valence-corrected chi connectivity index (χ2v) is 9.62. The maximum Gasteiger partial charge on any atom is 0.258 e. The van der Waals surface area contributed by atoms with Crippen molar-refractivity contribution >= 4 is 11.9 Å². The van der Waals surface area contributed by atoms with E-state index in [1.165, 1.54) is 12.1 Å². The molecule has 8 heteroatoms. The molecule has 1 saturated heterocycles. The second kappa shape index (κ2) is 9.02. The minimum absolute atomic E-state index is 0.0332. The Kier molecular flexibility index (Phi) is 6.33. The Balaban J connectivity index is 1.48. The van der Waals surface area contributed by atoms with Crippen LogP contribution in [0.1, 0.15) is 51.4 Å². The van der Waals surface area contributed by atoms with E-state index >= 15 is 0 Å². The van der Waals surface area contributed by atoms with Crippen LogP contribution in [0.15, 0.2) is 30.5 Å². The van der Waals surface area contributed by atoms with Crippen LogP contribution in [-0.2, 0) is 16.0 Å². The lowest BCUT2D eigenvalue weighted by Gasteiger charge is -2.38. The number of benzene rings is 1. The molecule has 1 aromatic heterocycles. The number of hydrogen-bond donors (Lipinski definition) is 1. The quantitative estimate of drug-likeness (QED) is 0.765. The van der Waals surface area contributed by atoms with Crippen LogP contribution in [0.4, 0.5) is 10.3 Å². The predicted molar refractivity (Wildman–Crippen MR) is 119 cm³/mol. The Morgan fingerprint density at radius 3 is 2.72 bits per heavy atom. The number of ether oxygens (including phenoxy) is 2. The van der Waals surface area contributed by atoms with Gasteiger partial charge in [0.15, 0.2) is 18.2 Å². The molecular formula is C24H31FN4O3. The molecule has 32 heavy (non-hydrogen) atoms. The Hall–Kier alpha value is -2.74. The number of rotatable bonds is 5. The largest absolute Gasteiger partial charge is 0.481 e. The van der Waals surface area contributed by atoms with Gasteiger partial charge < -0.3 is 19.7 Å². The standard InChI is InChI=1S/C24H31FN4O3/c1-15-12-29(13-16(2)32-15)23-26-11-17-19(9-24(3,4)10-20(17)28-23)27-22(30)14-31-21-8-6-5-7-18(21)25/h5-8,11,15-16,19H,9-10,12-14H2,1-4H3,(H,27,30). The van der Waals surface area contributed by atoms with Gasteiger partial charge in [-0.25, -0.2) is 14.4 Å². The summed E-state index contributed by atoms with van der Waals surface area (Å²) in [4.78, 5) is 24.3. The highest BCUT2D eigenvalue weighted by Crippen LogP contribution is 2.40. The van der Waals surface area contributed by atoms with Crippen LogP contribution in [0.2, 0.25) is 0 Å². The van der Waals surface area contributed by atoms with Crippen molar-refractivity contribution in [2.24, 2.45) is 5.41 Å². The average molecular weight is 443 g/mol. The fourth-order valence-corrected chi connectivity index (χ4v) is 4.60. The maximum absolute atomic E-state index is 13.8. The van der Waals surface area contributed by atoms with Crippen molar-refractivity contribution in [2.45, 2.75) is 58.8 Å². The lowest BCUT2D eigenvalue weighted by molar-refractivity contribution is -0.124. The van der Waals surface area contributed by atoms with Crippen molar-refractivity contribution < 1.29 is 18.7 Å². The summed E-state index contributed by atoms with van der Waals surface area (Å²) in [6.45, 7) is 9.70. The van der Waals surface area contributed by atoms with Gasteiger partial charge in [-0.05, 0) is 44.2 Å². The van der Waals surface area contributed by atoms with E-state index < -0.39 is 5.82 Å². The van der Waals surface area contributed by atoms with E-state index in [9.17, 15) is 9.18 Å². The van der Waals surface area contributed by atoms with Gasteiger partial charge in [0.25, 0.3) is 5.91 Å². The van der Waals surface area contributed by atoms with Crippen molar-refractivity contribution in [3.05, 3.63) is 47.5 Å². The molecule has 0 spiro atoms. The number of nitrogens with zero attached hydrogens (tertiary/aromatic N) is 3. The number of para-hydroxylation sites is 1. The van der Waals surface area contributed by atoms with E-state index in [-0.39, 0.29) is 41.9 Å². The molecule has 1 aliphatic heterocycles. The summed E-state index contributed by atoms with van der Waals surface area (Å²) < 4.78 is 24.9. The van der Waals surface area contributed by atoms with Crippen LogP contribution in [0.3, 0.4) is 0 Å². The minimum Gasteiger partial charge on any atom is -0.481 e. The van der Waals surface area contributed by atoms with E-state index in [2.05, 4.69) is 42.9 Å². The number of morpholine rings is 1. The van der Waals surface area contributed by atoms with Gasteiger partial charge in [0.1, 0.15) is 0 Å². The molecule has 1 N–H and O–H groups in total. The fraction of sp³-hybridized carbons (Fsp3) is 0.542. The van der Waals surface area contributed by atoms with Gasteiger partial charge in [0, 0.05) is 24.8 Å². The van der Waals surface area contributed by atoms with E-state index in [1.807, 2.05) is 6.20 Å². The molecule has 7 nitrogen and oxygen atoms in total. The molecule has 0 bridgehead atoms. The first-order chi connectivity index (χ1) is 15.2. The van der Waals surface area contributed by atoms with Crippen LogP contribution in [-0.4, -0.2) is 47.8 Å². The van der Waals surface area contributed by atoms with Crippen LogP contribution in [0, 0.1) is 11.2 Å². The van der Waals surface area contributed by atoms with Gasteiger partial charge in [-0.2, -0.15) is 0 Å². The molecule has 1 aliphatic carbocycles. The minimum atomic E-state index is -0.489. The summed E-state index contributed by atoms with van der Waals surface area (Å²) in [5.41, 5.74) is 1.86. The molecule has 2 aliphatic rings. The second-order valence-electron chi connectivity index (χ2n) is 9.62. The van der Waals surface area contributed by atoms with Crippen LogP contribution in [0.25, 0.3) is 0 Å². The summed E-state index contributed by atoms with van der Waals surface area (Å²) in [5, 5.41) is 3.03. The molecule has 172 valence electrons. The van der Waals surface area contributed by atoms with E-state index in [1.54, 1.807) is 12.1 Å². The molecule has 0 saturated carbocycles. The molecular weight excluding hydrogens is 411 g/mol. The third kappa shape index (κ3) is 5.18. The maximum atomic E-state index is 13.8. The predicted octanol–water partition coefficient (Wildman–Crippen LogP) is 3.44. The summed E-state index contributed by atoms with van der Waals surface area (Å²) in [6, 6.07) is 5.83. The zero-order valence-electron chi connectivity index (χ0n) is 19.1. The molecule has 3 atom stereocenters. The lowest BCUT2D eigenvalue weighted by Crippen LogP contribution is -2.46. The molecule has 4 rings (SSSR count). The van der Waals surface area contributed by atoms with Gasteiger partial charge in [-0.15, -0.1) is 0 Å². The van der Waals surface area contributed by atoms with Gasteiger partial charge in [0.05, 0.1) is 23.9 Å². The number of anilines is 1. The molecule has 0 radical (unpaired) electrons. The number of nitrogens with one attached hydrogen (secondary N) is 1. The first-order valence-corrected chi connectivity index (χ1v) is 11.1. The summed E-state index contributed by atoms with van der Waals surface area (Å²) in [5.74, 6) is -0.0238. The zero-order chi connectivity index (χ0) is 22.9. The molecule has 1 amide bonds. The monoisotopic (exact) mass is 442 g/mol. The van der Waals surface area contributed by atoms with E-state index in [0.29, 0.717) is 5.95 Å². The van der Waals surface area contributed by atoms with Crippen molar-refractivity contribution in [3.8, 4) is 5.75 Å². The number of carbonyl (C=O) groups excluding carboxylic acids is 1. The van der Waals surface area contributed by atoms with Crippen molar-refractivity contribution in [1.29, 1.82) is 0 Å². The van der Waals surface area contributed by atoms with Gasteiger partial charge in [-0.1, -0.05) is 26.0 Å². The molecule has 2 heterocycles. The number of aromatic nitrogens is 2. The van der Waals surface area contributed by atoms with E-state index in [0.717, 1.165) is 37.2 Å². The van der Waals surface area contributed by atoms with Crippen LogP contribution < -0.4 is 15.0 Å².